The van der Waals surface area contributed by atoms with Crippen LogP contribution in [0.25, 0.3) is 5.57 Å². The number of hydrogen-bond acceptors (Lipinski definition) is 2. The highest BCUT2D eigenvalue weighted by molar-refractivity contribution is 5.99. The molecule has 2 aliphatic rings. The maximum absolute atomic E-state index is 13.1. The summed E-state index contributed by atoms with van der Waals surface area (Å²) in [5.41, 5.74) is 5.11. The number of hydrogen-bond donors (Lipinski definition) is 0. The summed E-state index contributed by atoms with van der Waals surface area (Å²) >= 11 is 0. The van der Waals surface area contributed by atoms with E-state index in [1.54, 1.807) is 0 Å². The molecule has 0 heterocycles. The van der Waals surface area contributed by atoms with Gasteiger partial charge in [0, 0.05) is 0 Å². The maximum Gasteiger partial charge on any atom is 0.321 e. The Hall–Kier alpha value is -2.61. The first-order valence-corrected chi connectivity index (χ1v) is 8.40. The van der Waals surface area contributed by atoms with E-state index in [0.29, 0.717) is 6.42 Å². The molecule has 0 amide bonds. The molecule has 120 valence electrons. The van der Waals surface area contributed by atoms with E-state index in [1.807, 2.05) is 24.3 Å². The largest absolute Gasteiger partial charge is 0.468 e. The van der Waals surface area contributed by atoms with Crippen LogP contribution in [-0.2, 0) is 21.4 Å². The van der Waals surface area contributed by atoms with E-state index in [0.717, 1.165) is 29.5 Å². The molecule has 0 saturated carbocycles. The fourth-order valence-corrected chi connectivity index (χ4v) is 4.17. The zero-order valence-electron chi connectivity index (χ0n) is 13.8. The summed E-state index contributed by atoms with van der Waals surface area (Å²) in [5.74, 6) is -0.171. The van der Waals surface area contributed by atoms with Gasteiger partial charge in [-0.1, -0.05) is 66.7 Å². The highest BCUT2D eigenvalue weighted by atomic mass is 16.5. The molecule has 1 atom stereocenters. The van der Waals surface area contributed by atoms with Crippen LogP contribution in [0.15, 0.2) is 72.3 Å². The fourth-order valence-electron chi connectivity index (χ4n) is 4.17. The lowest BCUT2D eigenvalue weighted by Gasteiger charge is -2.31. The van der Waals surface area contributed by atoms with E-state index in [1.165, 1.54) is 18.2 Å². The van der Waals surface area contributed by atoms with Crippen LogP contribution in [0.3, 0.4) is 0 Å². The lowest BCUT2D eigenvalue weighted by Crippen LogP contribution is -2.39. The number of fused-ring (bicyclic) bond motifs is 2. The van der Waals surface area contributed by atoms with Gasteiger partial charge in [-0.05, 0) is 47.1 Å². The SMILES string of the molecule is COC(=O)C1(Cc2ccccc2)C2=C(CCC=C2)c2ccccc21. The van der Waals surface area contributed by atoms with Crippen molar-refractivity contribution in [3.8, 4) is 0 Å². The molecule has 4 rings (SSSR count). The predicted octanol–water partition coefficient (Wildman–Crippen LogP) is 4.46. The third kappa shape index (κ3) is 2.06. The number of rotatable bonds is 3. The lowest BCUT2D eigenvalue weighted by molar-refractivity contribution is -0.145. The Morgan fingerprint density at radius 3 is 2.62 bits per heavy atom. The number of methoxy groups -OCH3 is 1. The molecule has 2 aliphatic carbocycles. The zero-order valence-corrected chi connectivity index (χ0v) is 13.8. The van der Waals surface area contributed by atoms with Crippen molar-refractivity contribution in [2.24, 2.45) is 0 Å². The predicted molar refractivity (Wildman–Crippen MR) is 95.6 cm³/mol. The summed E-state index contributed by atoms with van der Waals surface area (Å²) in [7, 11) is 1.49. The molecule has 0 saturated heterocycles. The van der Waals surface area contributed by atoms with Gasteiger partial charge in [0.25, 0.3) is 0 Å². The fraction of sp³-hybridized carbons (Fsp3) is 0.227. The highest BCUT2D eigenvalue weighted by Crippen LogP contribution is 2.52. The van der Waals surface area contributed by atoms with E-state index in [-0.39, 0.29) is 5.97 Å². The molecule has 0 spiro atoms. The van der Waals surface area contributed by atoms with E-state index in [9.17, 15) is 4.79 Å². The van der Waals surface area contributed by atoms with Gasteiger partial charge in [0.2, 0.25) is 0 Å². The van der Waals surface area contributed by atoms with Gasteiger partial charge in [0.15, 0.2) is 0 Å². The molecule has 0 radical (unpaired) electrons. The third-order valence-corrected chi connectivity index (χ3v) is 5.19. The lowest BCUT2D eigenvalue weighted by atomic mass is 9.72. The molecule has 0 fully saturated rings. The van der Waals surface area contributed by atoms with Crippen molar-refractivity contribution < 1.29 is 9.53 Å². The summed E-state index contributed by atoms with van der Waals surface area (Å²) in [6.45, 7) is 0. The van der Waals surface area contributed by atoms with Crippen LogP contribution in [0.2, 0.25) is 0 Å². The number of carbonyl (C=O) groups excluding carboxylic acids is 1. The molecular formula is C22H20O2. The van der Waals surface area contributed by atoms with Crippen molar-refractivity contribution in [3.05, 3.63) is 89.0 Å². The number of ether oxygens (including phenoxy) is 1. The molecule has 0 aliphatic heterocycles. The molecule has 0 bridgehead atoms. The van der Waals surface area contributed by atoms with E-state index < -0.39 is 5.41 Å². The average molecular weight is 316 g/mol. The van der Waals surface area contributed by atoms with Gasteiger partial charge in [0.05, 0.1) is 7.11 Å². The van der Waals surface area contributed by atoms with Gasteiger partial charge in [-0.15, -0.1) is 0 Å². The number of benzene rings is 2. The maximum atomic E-state index is 13.1. The molecule has 24 heavy (non-hydrogen) atoms. The second-order valence-electron chi connectivity index (χ2n) is 6.44. The molecule has 2 heteroatoms. The topological polar surface area (TPSA) is 26.3 Å². The van der Waals surface area contributed by atoms with Crippen LogP contribution in [0.5, 0.6) is 0 Å². The molecule has 0 aromatic heterocycles. The van der Waals surface area contributed by atoms with E-state index >= 15 is 0 Å². The minimum absolute atomic E-state index is 0.171. The van der Waals surface area contributed by atoms with Gasteiger partial charge < -0.3 is 4.74 Å². The Balaban J connectivity index is 1.96. The van der Waals surface area contributed by atoms with Crippen LogP contribution in [0, 0.1) is 0 Å². The van der Waals surface area contributed by atoms with Crippen molar-refractivity contribution in [2.45, 2.75) is 24.7 Å². The van der Waals surface area contributed by atoms with E-state index in [2.05, 4.69) is 42.5 Å². The molecule has 2 aromatic carbocycles. The first-order valence-electron chi connectivity index (χ1n) is 8.40. The van der Waals surface area contributed by atoms with Crippen molar-refractivity contribution >= 4 is 11.5 Å². The molecule has 1 unspecified atom stereocenters. The van der Waals surface area contributed by atoms with Crippen LogP contribution >= 0.6 is 0 Å². The van der Waals surface area contributed by atoms with Gasteiger partial charge in [-0.3, -0.25) is 4.79 Å². The van der Waals surface area contributed by atoms with Crippen LogP contribution in [0.4, 0.5) is 0 Å². The van der Waals surface area contributed by atoms with Crippen molar-refractivity contribution in [3.63, 3.8) is 0 Å². The summed E-state index contributed by atoms with van der Waals surface area (Å²) in [6.07, 6.45) is 6.94. The first-order chi connectivity index (χ1) is 11.8. The molecule has 2 aromatic rings. The van der Waals surface area contributed by atoms with Crippen molar-refractivity contribution in [1.29, 1.82) is 0 Å². The Morgan fingerprint density at radius 2 is 1.83 bits per heavy atom. The van der Waals surface area contributed by atoms with Crippen LogP contribution in [0.1, 0.15) is 29.5 Å². The minimum Gasteiger partial charge on any atom is -0.468 e. The van der Waals surface area contributed by atoms with Gasteiger partial charge in [0.1, 0.15) is 5.41 Å². The summed E-state index contributed by atoms with van der Waals surface area (Å²) in [6, 6.07) is 18.5. The van der Waals surface area contributed by atoms with Crippen molar-refractivity contribution in [2.75, 3.05) is 7.11 Å². The number of carbonyl (C=O) groups is 1. The Kier molecular flexibility index (Phi) is 3.61. The Labute approximate surface area is 142 Å². The second-order valence-corrected chi connectivity index (χ2v) is 6.44. The zero-order chi connectivity index (χ0) is 16.6. The van der Waals surface area contributed by atoms with Crippen LogP contribution < -0.4 is 0 Å². The number of allylic oxidation sites excluding steroid dienone is 3. The molecular weight excluding hydrogens is 296 g/mol. The second kappa shape index (κ2) is 5.79. The number of esters is 1. The third-order valence-electron chi connectivity index (χ3n) is 5.19. The van der Waals surface area contributed by atoms with Gasteiger partial charge >= 0.3 is 5.97 Å². The van der Waals surface area contributed by atoms with Gasteiger partial charge in [-0.2, -0.15) is 0 Å². The standard InChI is InChI=1S/C22H20O2/c1-24-21(23)22(15-16-9-3-2-4-10-16)19-13-7-5-11-17(19)18-12-6-8-14-20(18)22/h2-5,7-11,13-14H,6,12,15H2,1H3. The Morgan fingerprint density at radius 1 is 1.08 bits per heavy atom. The summed E-state index contributed by atoms with van der Waals surface area (Å²) in [4.78, 5) is 13.1. The first kappa shape index (κ1) is 14.9. The quantitative estimate of drug-likeness (QED) is 0.782. The average Bonchev–Trinajstić information content (AvgIpc) is 2.94. The monoisotopic (exact) mass is 316 g/mol. The molecule has 2 nitrogen and oxygen atoms in total. The summed E-state index contributed by atoms with van der Waals surface area (Å²) in [5, 5.41) is 0. The smallest absolute Gasteiger partial charge is 0.321 e. The van der Waals surface area contributed by atoms with Crippen molar-refractivity contribution in [1.82, 2.24) is 0 Å². The normalized spacial score (nSPS) is 21.4. The summed E-state index contributed by atoms with van der Waals surface area (Å²) < 4.78 is 5.31. The molecule has 0 N–H and O–H groups in total. The Bertz CT molecular complexity index is 845. The van der Waals surface area contributed by atoms with E-state index in [4.69, 9.17) is 4.74 Å². The van der Waals surface area contributed by atoms with Gasteiger partial charge in [-0.25, -0.2) is 0 Å². The highest BCUT2D eigenvalue weighted by Gasteiger charge is 2.50. The minimum atomic E-state index is -0.737. The van der Waals surface area contributed by atoms with Crippen LogP contribution in [-0.4, -0.2) is 13.1 Å².